The van der Waals surface area contributed by atoms with E-state index < -0.39 is 11.5 Å². The van der Waals surface area contributed by atoms with Crippen LogP contribution < -0.4 is 0 Å². The Hall–Kier alpha value is -2.34. The maximum atomic E-state index is 12.5. The largest absolute Gasteiger partial charge is 0.504 e. The molecule has 1 fully saturated rings. The van der Waals surface area contributed by atoms with Gasteiger partial charge in [-0.05, 0) is 25.0 Å². The molecule has 1 aliphatic rings. The Labute approximate surface area is 135 Å². The number of hydrogen-bond acceptors (Lipinski definition) is 4. The molecule has 6 nitrogen and oxygen atoms in total. The van der Waals surface area contributed by atoms with Crippen molar-refractivity contribution in [2.75, 3.05) is 13.6 Å². The van der Waals surface area contributed by atoms with E-state index in [4.69, 9.17) is 0 Å². The number of hydrogen-bond donors (Lipinski definition) is 2. The van der Waals surface area contributed by atoms with Crippen molar-refractivity contribution >= 4 is 5.91 Å². The molecule has 1 aromatic carbocycles. The number of aromatic nitrogens is 2. The molecule has 1 heterocycles. The quantitative estimate of drug-likeness (QED) is 0.904. The minimum atomic E-state index is -0.817. The van der Waals surface area contributed by atoms with Gasteiger partial charge in [0, 0.05) is 13.6 Å². The van der Waals surface area contributed by atoms with Gasteiger partial charge in [0.2, 0.25) is 0 Å². The van der Waals surface area contributed by atoms with Gasteiger partial charge in [0.15, 0.2) is 11.4 Å². The average Bonchev–Trinajstić information content (AvgIpc) is 3.13. The Balaban J connectivity index is 1.78. The van der Waals surface area contributed by atoms with Crippen LogP contribution in [0.1, 0.15) is 36.2 Å². The number of aliphatic hydroxyl groups is 1. The number of likely N-dealkylation sites (N-methyl/N-ethyl adjacent to an activating group) is 1. The first-order valence-electron chi connectivity index (χ1n) is 7.80. The van der Waals surface area contributed by atoms with Gasteiger partial charge in [-0.25, -0.2) is 4.68 Å². The third-order valence-corrected chi connectivity index (χ3v) is 4.33. The van der Waals surface area contributed by atoms with Crippen molar-refractivity contribution in [3.63, 3.8) is 0 Å². The Bertz CT molecular complexity index is 690. The van der Waals surface area contributed by atoms with Crippen LogP contribution in [-0.4, -0.2) is 50.0 Å². The number of carbonyl (C=O) groups is 1. The molecule has 0 radical (unpaired) electrons. The summed E-state index contributed by atoms with van der Waals surface area (Å²) in [6, 6.07) is 9.28. The number of benzene rings is 1. The lowest BCUT2D eigenvalue weighted by Crippen LogP contribution is -2.42. The predicted octanol–water partition coefficient (Wildman–Crippen LogP) is 1.95. The predicted molar refractivity (Wildman–Crippen MR) is 85.6 cm³/mol. The number of amides is 1. The highest BCUT2D eigenvalue weighted by Crippen LogP contribution is 2.30. The molecule has 0 bridgehead atoms. The molecule has 23 heavy (non-hydrogen) atoms. The number of para-hydroxylation sites is 1. The topological polar surface area (TPSA) is 78.6 Å². The average molecular weight is 315 g/mol. The van der Waals surface area contributed by atoms with E-state index in [1.54, 1.807) is 7.05 Å². The maximum absolute atomic E-state index is 12.5. The van der Waals surface area contributed by atoms with Crippen LogP contribution in [0.25, 0.3) is 5.69 Å². The Morgan fingerprint density at radius 1 is 1.30 bits per heavy atom. The second-order valence-corrected chi connectivity index (χ2v) is 6.24. The molecule has 1 saturated carbocycles. The van der Waals surface area contributed by atoms with Gasteiger partial charge < -0.3 is 15.1 Å². The molecule has 0 saturated heterocycles. The first kappa shape index (κ1) is 15.6. The fourth-order valence-electron chi connectivity index (χ4n) is 3.12. The number of aromatic hydroxyl groups is 1. The van der Waals surface area contributed by atoms with Crippen LogP contribution in [0.2, 0.25) is 0 Å². The van der Waals surface area contributed by atoms with Crippen LogP contribution in [0.3, 0.4) is 0 Å². The van der Waals surface area contributed by atoms with Crippen LogP contribution in [0, 0.1) is 0 Å². The Morgan fingerprint density at radius 2 is 1.96 bits per heavy atom. The van der Waals surface area contributed by atoms with Gasteiger partial charge in [-0.15, -0.1) is 0 Å². The van der Waals surface area contributed by atoms with Crippen molar-refractivity contribution in [3.05, 3.63) is 42.2 Å². The van der Waals surface area contributed by atoms with Crippen LogP contribution in [0.5, 0.6) is 5.75 Å². The molecule has 0 unspecified atom stereocenters. The summed E-state index contributed by atoms with van der Waals surface area (Å²) < 4.78 is 1.47. The molecule has 6 heteroatoms. The Kier molecular flexibility index (Phi) is 4.09. The maximum Gasteiger partial charge on any atom is 0.278 e. The number of carbonyl (C=O) groups excluding carboxylic acids is 1. The molecule has 1 aliphatic carbocycles. The second-order valence-electron chi connectivity index (χ2n) is 6.24. The summed E-state index contributed by atoms with van der Waals surface area (Å²) in [5.41, 5.74) is -0.0564. The van der Waals surface area contributed by atoms with Gasteiger partial charge in [0.1, 0.15) is 0 Å². The van der Waals surface area contributed by atoms with Crippen molar-refractivity contribution < 1.29 is 15.0 Å². The van der Waals surface area contributed by atoms with Gasteiger partial charge in [-0.2, -0.15) is 5.10 Å². The minimum absolute atomic E-state index is 0.00190. The minimum Gasteiger partial charge on any atom is -0.504 e. The highest BCUT2D eigenvalue weighted by Gasteiger charge is 2.34. The van der Waals surface area contributed by atoms with Gasteiger partial charge in [0.05, 0.1) is 17.5 Å². The van der Waals surface area contributed by atoms with Gasteiger partial charge >= 0.3 is 0 Å². The van der Waals surface area contributed by atoms with E-state index in [1.807, 2.05) is 30.3 Å². The molecule has 1 amide bonds. The van der Waals surface area contributed by atoms with E-state index in [2.05, 4.69) is 5.10 Å². The van der Waals surface area contributed by atoms with Crippen LogP contribution in [-0.2, 0) is 0 Å². The molecule has 1 aromatic heterocycles. The standard InChI is InChI=1S/C17H21N3O3/c1-19(12-17(23)9-5-6-10-17)16(22)15-14(21)11-20(18-15)13-7-3-2-4-8-13/h2-4,7-8,11,21,23H,5-6,9-10,12H2,1H3. The van der Waals surface area contributed by atoms with Gasteiger partial charge in [0.25, 0.3) is 5.91 Å². The lowest BCUT2D eigenvalue weighted by atomic mass is 10.0. The van der Waals surface area contributed by atoms with Crippen molar-refractivity contribution in [2.24, 2.45) is 0 Å². The molecular formula is C17H21N3O3. The fourth-order valence-corrected chi connectivity index (χ4v) is 3.12. The molecule has 122 valence electrons. The van der Waals surface area contributed by atoms with Gasteiger partial charge in [-0.3, -0.25) is 4.79 Å². The summed E-state index contributed by atoms with van der Waals surface area (Å²) in [6.45, 7) is 0.253. The third kappa shape index (κ3) is 3.22. The van der Waals surface area contributed by atoms with E-state index in [9.17, 15) is 15.0 Å². The van der Waals surface area contributed by atoms with Gasteiger partial charge in [-0.1, -0.05) is 31.0 Å². The zero-order valence-electron chi connectivity index (χ0n) is 13.1. The Morgan fingerprint density at radius 3 is 2.61 bits per heavy atom. The number of rotatable bonds is 4. The van der Waals surface area contributed by atoms with E-state index >= 15 is 0 Å². The highest BCUT2D eigenvalue weighted by molar-refractivity contribution is 5.94. The smallest absolute Gasteiger partial charge is 0.278 e. The number of nitrogens with zero attached hydrogens (tertiary/aromatic N) is 3. The van der Waals surface area contributed by atoms with E-state index in [-0.39, 0.29) is 18.0 Å². The second kappa shape index (κ2) is 6.04. The van der Waals surface area contributed by atoms with Crippen molar-refractivity contribution in [2.45, 2.75) is 31.3 Å². The first-order chi connectivity index (χ1) is 11.0. The van der Waals surface area contributed by atoms with Crippen molar-refractivity contribution in [1.82, 2.24) is 14.7 Å². The molecular weight excluding hydrogens is 294 g/mol. The summed E-state index contributed by atoms with van der Waals surface area (Å²) in [5.74, 6) is -0.554. The zero-order valence-corrected chi connectivity index (χ0v) is 13.1. The molecule has 0 spiro atoms. The van der Waals surface area contributed by atoms with E-state index in [1.165, 1.54) is 15.8 Å². The summed E-state index contributed by atoms with van der Waals surface area (Å²) in [7, 11) is 1.62. The fraction of sp³-hybridized carbons (Fsp3) is 0.412. The van der Waals surface area contributed by atoms with E-state index in [0.29, 0.717) is 12.8 Å². The summed E-state index contributed by atoms with van der Waals surface area (Å²) in [4.78, 5) is 14.0. The third-order valence-electron chi connectivity index (χ3n) is 4.33. The monoisotopic (exact) mass is 315 g/mol. The van der Waals surface area contributed by atoms with E-state index in [0.717, 1.165) is 18.5 Å². The summed E-state index contributed by atoms with van der Waals surface area (Å²) in [6.07, 6.45) is 4.78. The lowest BCUT2D eigenvalue weighted by molar-refractivity contribution is 0.0153. The first-order valence-corrected chi connectivity index (χ1v) is 7.80. The molecule has 2 N–H and O–H groups in total. The van der Waals surface area contributed by atoms with Crippen LogP contribution in [0.4, 0.5) is 0 Å². The van der Waals surface area contributed by atoms with Crippen molar-refractivity contribution in [3.8, 4) is 11.4 Å². The van der Waals surface area contributed by atoms with Crippen LogP contribution >= 0.6 is 0 Å². The lowest BCUT2D eigenvalue weighted by Gasteiger charge is -2.28. The highest BCUT2D eigenvalue weighted by atomic mass is 16.3. The molecule has 0 atom stereocenters. The zero-order chi connectivity index (χ0) is 16.4. The molecule has 3 rings (SSSR count). The molecule has 2 aromatic rings. The van der Waals surface area contributed by atoms with Crippen molar-refractivity contribution in [1.29, 1.82) is 0 Å². The summed E-state index contributed by atoms with van der Waals surface area (Å²) in [5, 5.41) is 24.7. The summed E-state index contributed by atoms with van der Waals surface area (Å²) >= 11 is 0. The SMILES string of the molecule is CN(CC1(O)CCCC1)C(=O)c1nn(-c2ccccc2)cc1O. The normalized spacial score (nSPS) is 16.4. The molecule has 0 aliphatic heterocycles. The van der Waals surface area contributed by atoms with Crippen LogP contribution in [0.15, 0.2) is 36.5 Å².